The number of thiazole rings is 1. The maximum atomic E-state index is 12.5. The van der Waals surface area contributed by atoms with Crippen LogP contribution in [0.1, 0.15) is 18.4 Å². The molecule has 7 heteroatoms. The molecule has 1 aromatic heterocycles. The molecule has 2 saturated heterocycles. The van der Waals surface area contributed by atoms with Crippen LogP contribution in [-0.4, -0.2) is 57.6 Å². The van der Waals surface area contributed by atoms with Crippen LogP contribution >= 0.6 is 11.3 Å². The van der Waals surface area contributed by atoms with E-state index in [2.05, 4.69) is 16.8 Å². The number of aromatic nitrogens is 1. The number of nitrogens with zero attached hydrogens (tertiary/aromatic N) is 3. The Bertz CT molecular complexity index is 898. The Hall–Kier alpha value is -2.59. The van der Waals surface area contributed by atoms with E-state index in [1.165, 1.54) is 4.90 Å². The number of rotatable bonds is 1. The molecule has 1 aromatic carbocycles. The van der Waals surface area contributed by atoms with Gasteiger partial charge in [0.15, 0.2) is 0 Å². The molecule has 2 atom stereocenters. The second kappa shape index (κ2) is 6.37. The molecule has 6 nitrogen and oxygen atoms in total. The molecule has 3 heterocycles. The molecule has 0 spiro atoms. The normalized spacial score (nSPS) is 22.6. The van der Waals surface area contributed by atoms with Crippen molar-refractivity contribution in [2.45, 2.75) is 18.9 Å². The summed E-state index contributed by atoms with van der Waals surface area (Å²) in [5.74, 6) is 6.30. The predicted molar refractivity (Wildman–Crippen MR) is 94.3 cm³/mol. The quantitative estimate of drug-likeness (QED) is 0.796. The number of fused-ring (bicyclic) bond motifs is 2. The first-order valence-electron chi connectivity index (χ1n) is 8.23. The SMILES string of the molecule is O=C(O)N1CCN2C(=O)C(CC#Cc3cccc4ncsc34)C[C@H]2C1. The molecule has 128 valence electrons. The largest absolute Gasteiger partial charge is 0.465 e. The summed E-state index contributed by atoms with van der Waals surface area (Å²) in [6.45, 7) is 1.29. The number of carboxylic acid groups (broad SMARTS) is 1. The highest BCUT2D eigenvalue weighted by atomic mass is 32.1. The molecule has 0 bridgehead atoms. The summed E-state index contributed by atoms with van der Waals surface area (Å²) in [6.07, 6.45) is 0.281. The molecule has 2 fully saturated rings. The summed E-state index contributed by atoms with van der Waals surface area (Å²) >= 11 is 1.57. The summed E-state index contributed by atoms with van der Waals surface area (Å²) < 4.78 is 1.07. The minimum Gasteiger partial charge on any atom is -0.465 e. The first-order chi connectivity index (χ1) is 12.1. The van der Waals surface area contributed by atoms with E-state index in [1.54, 1.807) is 11.3 Å². The molecule has 25 heavy (non-hydrogen) atoms. The lowest BCUT2D eigenvalue weighted by Gasteiger charge is -2.35. The second-order valence-electron chi connectivity index (χ2n) is 6.36. The molecule has 0 saturated carbocycles. The van der Waals surface area contributed by atoms with E-state index in [-0.39, 0.29) is 17.9 Å². The zero-order valence-corrected chi connectivity index (χ0v) is 14.3. The van der Waals surface area contributed by atoms with Crippen LogP contribution in [0.5, 0.6) is 0 Å². The van der Waals surface area contributed by atoms with Gasteiger partial charge in [0.25, 0.3) is 0 Å². The highest BCUT2D eigenvalue weighted by Gasteiger charge is 2.42. The van der Waals surface area contributed by atoms with Crippen molar-refractivity contribution in [2.75, 3.05) is 19.6 Å². The Kier molecular flexibility index (Phi) is 4.06. The Morgan fingerprint density at radius 2 is 2.28 bits per heavy atom. The topological polar surface area (TPSA) is 73.7 Å². The van der Waals surface area contributed by atoms with Gasteiger partial charge in [-0.3, -0.25) is 4.79 Å². The van der Waals surface area contributed by atoms with Crippen molar-refractivity contribution < 1.29 is 14.7 Å². The summed E-state index contributed by atoms with van der Waals surface area (Å²) in [6, 6.07) is 5.86. The lowest BCUT2D eigenvalue weighted by molar-refractivity contribution is -0.133. The van der Waals surface area contributed by atoms with Crippen LogP contribution < -0.4 is 0 Å². The van der Waals surface area contributed by atoms with Crippen LogP contribution in [0.25, 0.3) is 10.2 Å². The monoisotopic (exact) mass is 355 g/mol. The van der Waals surface area contributed by atoms with E-state index in [4.69, 9.17) is 5.11 Å². The lowest BCUT2D eigenvalue weighted by atomic mass is 10.0. The van der Waals surface area contributed by atoms with E-state index < -0.39 is 6.09 Å². The Morgan fingerprint density at radius 1 is 1.40 bits per heavy atom. The van der Waals surface area contributed by atoms with E-state index in [1.807, 2.05) is 28.6 Å². The molecular formula is C18H17N3O3S. The number of hydrogen-bond acceptors (Lipinski definition) is 4. The van der Waals surface area contributed by atoms with Crippen LogP contribution in [0.2, 0.25) is 0 Å². The Labute approximate surface area is 149 Å². The van der Waals surface area contributed by atoms with Crippen molar-refractivity contribution in [1.29, 1.82) is 0 Å². The summed E-state index contributed by atoms with van der Waals surface area (Å²) in [4.78, 5) is 31.1. The molecule has 2 amide bonds. The number of carbonyl (C=O) groups excluding carboxylic acids is 1. The van der Waals surface area contributed by atoms with Crippen LogP contribution in [0.3, 0.4) is 0 Å². The molecule has 4 rings (SSSR count). The third-order valence-corrected chi connectivity index (χ3v) is 5.75. The number of hydrogen-bond donors (Lipinski definition) is 1. The predicted octanol–water partition coefficient (Wildman–Crippen LogP) is 2.25. The van der Waals surface area contributed by atoms with E-state index in [0.29, 0.717) is 32.5 Å². The van der Waals surface area contributed by atoms with Gasteiger partial charge in [0.1, 0.15) is 0 Å². The third-order valence-electron chi connectivity index (χ3n) is 4.87. The van der Waals surface area contributed by atoms with Crippen molar-refractivity contribution in [1.82, 2.24) is 14.8 Å². The van der Waals surface area contributed by atoms with Crippen LogP contribution in [0, 0.1) is 17.8 Å². The number of carbonyl (C=O) groups is 2. The fraction of sp³-hybridized carbons (Fsp3) is 0.389. The van der Waals surface area contributed by atoms with Gasteiger partial charge in [-0.2, -0.15) is 0 Å². The third kappa shape index (κ3) is 2.94. The van der Waals surface area contributed by atoms with Crippen LogP contribution in [-0.2, 0) is 4.79 Å². The Balaban J connectivity index is 1.45. The minimum atomic E-state index is -0.909. The van der Waals surface area contributed by atoms with Gasteiger partial charge in [-0.15, -0.1) is 11.3 Å². The first-order valence-corrected chi connectivity index (χ1v) is 9.11. The molecule has 0 radical (unpaired) electrons. The fourth-order valence-electron chi connectivity index (χ4n) is 3.61. The number of piperazine rings is 1. The minimum absolute atomic E-state index is 0.00548. The summed E-state index contributed by atoms with van der Waals surface area (Å²) in [7, 11) is 0. The summed E-state index contributed by atoms with van der Waals surface area (Å²) in [5.41, 5.74) is 3.70. The standard InChI is InChI=1S/C18H17N3O3S/c22-17-13(9-14-10-20(18(23)24)7-8-21(14)17)5-1-3-12-4-2-6-15-16(12)25-11-19-15/h2,4,6,11,13-14H,5,7-10H2,(H,23,24)/t13?,14-/m0/s1. The molecule has 2 aromatic rings. The van der Waals surface area contributed by atoms with E-state index in [9.17, 15) is 9.59 Å². The van der Waals surface area contributed by atoms with Gasteiger partial charge < -0.3 is 14.9 Å². The smallest absolute Gasteiger partial charge is 0.407 e. The maximum Gasteiger partial charge on any atom is 0.407 e. The van der Waals surface area contributed by atoms with Gasteiger partial charge >= 0.3 is 6.09 Å². The number of benzene rings is 1. The molecular weight excluding hydrogens is 338 g/mol. The molecule has 1 N–H and O–H groups in total. The maximum absolute atomic E-state index is 12.5. The van der Waals surface area contributed by atoms with Crippen LogP contribution in [0.15, 0.2) is 23.7 Å². The van der Waals surface area contributed by atoms with Crippen molar-refractivity contribution in [3.05, 3.63) is 29.3 Å². The van der Waals surface area contributed by atoms with Gasteiger partial charge in [-0.1, -0.05) is 17.9 Å². The van der Waals surface area contributed by atoms with Crippen LogP contribution in [0.4, 0.5) is 4.79 Å². The highest BCUT2D eigenvalue weighted by molar-refractivity contribution is 7.17. The molecule has 2 aliphatic rings. The van der Waals surface area contributed by atoms with Crippen molar-refractivity contribution in [2.24, 2.45) is 5.92 Å². The van der Waals surface area contributed by atoms with E-state index >= 15 is 0 Å². The first kappa shape index (κ1) is 15.9. The second-order valence-corrected chi connectivity index (χ2v) is 7.21. The zero-order chi connectivity index (χ0) is 17.4. The highest BCUT2D eigenvalue weighted by Crippen LogP contribution is 2.30. The average Bonchev–Trinajstić information content (AvgIpc) is 3.20. The van der Waals surface area contributed by atoms with Gasteiger partial charge in [-0.05, 0) is 18.6 Å². The molecule has 2 aliphatic heterocycles. The average molecular weight is 355 g/mol. The zero-order valence-electron chi connectivity index (χ0n) is 13.5. The van der Waals surface area contributed by atoms with Gasteiger partial charge in [0, 0.05) is 31.6 Å². The van der Waals surface area contributed by atoms with Crippen molar-refractivity contribution >= 4 is 33.6 Å². The summed E-state index contributed by atoms with van der Waals surface area (Å²) in [5, 5.41) is 9.12. The fourth-order valence-corrected chi connectivity index (χ4v) is 4.37. The molecule has 1 unspecified atom stereocenters. The van der Waals surface area contributed by atoms with Gasteiger partial charge in [0.05, 0.1) is 27.7 Å². The Morgan fingerprint density at radius 3 is 3.12 bits per heavy atom. The number of amides is 2. The van der Waals surface area contributed by atoms with Crippen molar-refractivity contribution in [3.63, 3.8) is 0 Å². The van der Waals surface area contributed by atoms with Gasteiger partial charge in [0.2, 0.25) is 5.91 Å². The molecule has 0 aliphatic carbocycles. The lowest BCUT2D eigenvalue weighted by Crippen LogP contribution is -2.52. The van der Waals surface area contributed by atoms with Gasteiger partial charge in [-0.25, -0.2) is 9.78 Å². The van der Waals surface area contributed by atoms with E-state index in [0.717, 1.165) is 15.8 Å². The van der Waals surface area contributed by atoms with Crippen molar-refractivity contribution in [3.8, 4) is 11.8 Å².